The molecule has 2 aromatic carbocycles. The third-order valence-electron chi connectivity index (χ3n) is 2.99. The minimum Gasteiger partial charge on any atom is -0.378 e. The Hall–Kier alpha value is -2.31. The lowest BCUT2D eigenvalue weighted by molar-refractivity contribution is -0.383. The van der Waals surface area contributed by atoms with E-state index in [1.54, 1.807) is 30.3 Å². The minimum atomic E-state index is -0.513. The van der Waals surface area contributed by atoms with Crippen molar-refractivity contribution in [3.8, 4) is 0 Å². The number of halogens is 2. The first-order valence-corrected chi connectivity index (χ1v) is 7.44. The molecule has 0 aliphatic carbocycles. The predicted octanol–water partition coefficient (Wildman–Crippen LogP) is 3.74. The number of hydrogen-bond acceptors (Lipinski definition) is 4. The first kappa shape index (κ1) is 17.1. The summed E-state index contributed by atoms with van der Waals surface area (Å²) in [6.07, 6.45) is 0. The van der Waals surface area contributed by atoms with Crippen molar-refractivity contribution in [2.45, 2.75) is 0 Å². The second-order valence-electron chi connectivity index (χ2n) is 4.61. The number of carbonyl (C=O) groups excluding carboxylic acids is 1. The van der Waals surface area contributed by atoms with Gasteiger partial charge in [0.05, 0.1) is 4.92 Å². The van der Waals surface area contributed by atoms with Crippen LogP contribution in [0.4, 0.5) is 11.4 Å². The second-order valence-corrected chi connectivity index (χ2v) is 5.48. The molecular formula is C15H13Cl2N3O3. The van der Waals surface area contributed by atoms with Gasteiger partial charge in [0.15, 0.2) is 0 Å². The summed E-state index contributed by atoms with van der Waals surface area (Å²) in [5.41, 5.74) is 0.730. The van der Waals surface area contributed by atoms with Gasteiger partial charge >= 0.3 is 0 Å². The quantitative estimate of drug-likeness (QED) is 0.470. The highest BCUT2D eigenvalue weighted by Gasteiger charge is 2.13. The number of benzene rings is 2. The predicted molar refractivity (Wildman–Crippen MR) is 90.4 cm³/mol. The van der Waals surface area contributed by atoms with Crippen molar-refractivity contribution < 1.29 is 9.72 Å². The monoisotopic (exact) mass is 353 g/mol. The Morgan fingerprint density at radius 1 is 1.04 bits per heavy atom. The van der Waals surface area contributed by atoms with Gasteiger partial charge in [0.1, 0.15) is 5.69 Å². The molecule has 23 heavy (non-hydrogen) atoms. The SMILES string of the molecule is O=C(NCCNc1ccc(Cl)cc1[N+](=O)[O-])c1ccc(Cl)cc1. The van der Waals surface area contributed by atoms with Crippen LogP contribution in [0, 0.1) is 10.1 Å². The molecule has 1 amide bonds. The molecule has 2 N–H and O–H groups in total. The lowest BCUT2D eigenvalue weighted by Crippen LogP contribution is -2.28. The summed E-state index contributed by atoms with van der Waals surface area (Å²) in [5.74, 6) is -0.242. The van der Waals surface area contributed by atoms with E-state index in [1.165, 1.54) is 12.1 Å². The minimum absolute atomic E-state index is 0.110. The number of amides is 1. The fourth-order valence-corrected chi connectivity index (χ4v) is 2.17. The highest BCUT2D eigenvalue weighted by Crippen LogP contribution is 2.27. The summed E-state index contributed by atoms with van der Waals surface area (Å²) < 4.78 is 0. The summed E-state index contributed by atoms with van der Waals surface area (Å²) >= 11 is 11.5. The van der Waals surface area contributed by atoms with Crippen LogP contribution in [-0.2, 0) is 0 Å². The Labute approximate surface area is 142 Å². The molecule has 0 unspecified atom stereocenters. The largest absolute Gasteiger partial charge is 0.378 e. The average Bonchev–Trinajstić information content (AvgIpc) is 2.53. The second kappa shape index (κ2) is 7.80. The Kier molecular flexibility index (Phi) is 5.78. The highest BCUT2D eigenvalue weighted by molar-refractivity contribution is 6.31. The summed E-state index contributed by atoms with van der Waals surface area (Å²) in [7, 11) is 0. The molecule has 8 heteroatoms. The van der Waals surface area contributed by atoms with Crippen molar-refractivity contribution in [1.29, 1.82) is 0 Å². The van der Waals surface area contributed by atoms with Crippen LogP contribution in [0.5, 0.6) is 0 Å². The molecule has 0 bridgehead atoms. The first-order valence-electron chi connectivity index (χ1n) is 6.69. The zero-order chi connectivity index (χ0) is 16.8. The van der Waals surface area contributed by atoms with E-state index in [0.29, 0.717) is 34.4 Å². The van der Waals surface area contributed by atoms with Crippen molar-refractivity contribution in [3.63, 3.8) is 0 Å². The third kappa shape index (κ3) is 4.84. The lowest BCUT2D eigenvalue weighted by Gasteiger charge is -2.09. The molecule has 0 radical (unpaired) electrons. The molecule has 120 valence electrons. The summed E-state index contributed by atoms with van der Waals surface area (Å²) in [4.78, 5) is 22.3. The van der Waals surface area contributed by atoms with Crippen LogP contribution in [0.3, 0.4) is 0 Å². The van der Waals surface area contributed by atoms with E-state index in [4.69, 9.17) is 23.2 Å². The number of nitrogens with zero attached hydrogens (tertiary/aromatic N) is 1. The molecule has 0 saturated carbocycles. The van der Waals surface area contributed by atoms with Gasteiger partial charge in [-0.25, -0.2) is 0 Å². The number of nitrogens with one attached hydrogen (secondary N) is 2. The zero-order valence-electron chi connectivity index (χ0n) is 11.9. The van der Waals surface area contributed by atoms with E-state index >= 15 is 0 Å². The topological polar surface area (TPSA) is 84.3 Å². The van der Waals surface area contributed by atoms with Gasteiger partial charge in [-0.2, -0.15) is 0 Å². The van der Waals surface area contributed by atoms with Gasteiger partial charge in [-0.1, -0.05) is 23.2 Å². The number of nitro benzene ring substituents is 1. The fraction of sp³-hybridized carbons (Fsp3) is 0.133. The Balaban J connectivity index is 1.87. The molecule has 0 fully saturated rings. The Bertz CT molecular complexity index is 720. The maximum absolute atomic E-state index is 11.9. The van der Waals surface area contributed by atoms with Gasteiger partial charge in [-0.05, 0) is 36.4 Å². The molecule has 6 nitrogen and oxygen atoms in total. The lowest BCUT2D eigenvalue weighted by atomic mass is 10.2. The maximum atomic E-state index is 11.9. The van der Waals surface area contributed by atoms with Gasteiger partial charge < -0.3 is 10.6 Å². The molecule has 2 aromatic rings. The van der Waals surface area contributed by atoms with E-state index < -0.39 is 4.92 Å². The van der Waals surface area contributed by atoms with Gasteiger partial charge in [-0.3, -0.25) is 14.9 Å². The van der Waals surface area contributed by atoms with Crippen LogP contribution in [0.25, 0.3) is 0 Å². The average molecular weight is 354 g/mol. The normalized spacial score (nSPS) is 10.2. The number of rotatable bonds is 6. The molecule has 0 aromatic heterocycles. The van der Waals surface area contributed by atoms with E-state index in [2.05, 4.69) is 10.6 Å². The van der Waals surface area contributed by atoms with Crippen LogP contribution < -0.4 is 10.6 Å². The van der Waals surface area contributed by atoms with Gasteiger partial charge in [0, 0.05) is 34.8 Å². The van der Waals surface area contributed by atoms with Crippen molar-refractivity contribution in [2.24, 2.45) is 0 Å². The molecule has 0 aliphatic heterocycles. The van der Waals surface area contributed by atoms with Crippen molar-refractivity contribution in [1.82, 2.24) is 5.32 Å². The summed E-state index contributed by atoms with van der Waals surface area (Å²) in [6, 6.07) is 10.9. The maximum Gasteiger partial charge on any atom is 0.293 e. The molecule has 0 spiro atoms. The van der Waals surface area contributed by atoms with Crippen molar-refractivity contribution in [2.75, 3.05) is 18.4 Å². The zero-order valence-corrected chi connectivity index (χ0v) is 13.4. The molecule has 2 rings (SSSR count). The molecular weight excluding hydrogens is 341 g/mol. The van der Waals surface area contributed by atoms with E-state index in [-0.39, 0.29) is 11.6 Å². The molecule has 0 atom stereocenters. The van der Waals surface area contributed by atoms with Crippen molar-refractivity contribution >= 4 is 40.5 Å². The number of hydrogen-bond donors (Lipinski definition) is 2. The van der Waals surface area contributed by atoms with E-state index in [1.807, 2.05) is 0 Å². The molecule has 0 aliphatic rings. The number of anilines is 1. The first-order chi connectivity index (χ1) is 11.0. The number of carbonyl (C=O) groups is 1. The Morgan fingerprint density at radius 2 is 1.70 bits per heavy atom. The summed E-state index contributed by atoms with van der Waals surface area (Å²) in [6.45, 7) is 0.642. The van der Waals surface area contributed by atoms with E-state index in [9.17, 15) is 14.9 Å². The molecule has 0 saturated heterocycles. The highest BCUT2D eigenvalue weighted by atomic mass is 35.5. The van der Waals surface area contributed by atoms with Gasteiger partial charge in [0.25, 0.3) is 11.6 Å². The summed E-state index contributed by atoms with van der Waals surface area (Å²) in [5, 5.41) is 17.4. The Morgan fingerprint density at radius 3 is 2.35 bits per heavy atom. The van der Waals surface area contributed by atoms with Crippen LogP contribution >= 0.6 is 23.2 Å². The van der Waals surface area contributed by atoms with Crippen molar-refractivity contribution in [3.05, 3.63) is 68.2 Å². The smallest absolute Gasteiger partial charge is 0.293 e. The van der Waals surface area contributed by atoms with Crippen LogP contribution in [0.1, 0.15) is 10.4 Å². The number of nitro groups is 1. The van der Waals surface area contributed by atoms with Crippen LogP contribution in [-0.4, -0.2) is 23.9 Å². The standard InChI is InChI=1S/C15H13Cl2N3O3/c16-11-3-1-10(2-4-11)15(21)19-8-7-18-13-6-5-12(17)9-14(13)20(22)23/h1-6,9,18H,7-8H2,(H,19,21). The van der Waals surface area contributed by atoms with E-state index in [0.717, 1.165) is 0 Å². The van der Waals surface area contributed by atoms with Crippen LogP contribution in [0.2, 0.25) is 10.0 Å². The molecule has 0 heterocycles. The van der Waals surface area contributed by atoms with Crippen LogP contribution in [0.15, 0.2) is 42.5 Å². The fourth-order valence-electron chi connectivity index (χ4n) is 1.88. The third-order valence-corrected chi connectivity index (χ3v) is 3.48. The van der Waals surface area contributed by atoms with Gasteiger partial charge in [0.2, 0.25) is 0 Å². The van der Waals surface area contributed by atoms with Gasteiger partial charge in [-0.15, -0.1) is 0 Å².